The van der Waals surface area contributed by atoms with Gasteiger partial charge in [0.05, 0.1) is 0 Å². The van der Waals surface area contributed by atoms with Gasteiger partial charge >= 0.3 is 0 Å². The first-order valence-corrected chi connectivity index (χ1v) is 5.14. The fourth-order valence-corrected chi connectivity index (χ4v) is 2.23. The average Bonchev–Trinajstić information content (AvgIpc) is 2.46. The van der Waals surface area contributed by atoms with Crippen LogP contribution < -0.4 is 0 Å². The monoisotopic (exact) mass is 203 g/mol. The summed E-state index contributed by atoms with van der Waals surface area (Å²) in [5.74, 6) is -2.51. The van der Waals surface area contributed by atoms with E-state index in [1.165, 1.54) is 0 Å². The Labute approximate surface area is 82.3 Å². The summed E-state index contributed by atoms with van der Waals surface area (Å²) in [4.78, 5) is 13.4. The Kier molecular flexibility index (Phi) is 2.24. The summed E-state index contributed by atoms with van der Waals surface area (Å²) in [5.41, 5.74) is 0. The summed E-state index contributed by atoms with van der Waals surface area (Å²) in [6, 6.07) is 0. The van der Waals surface area contributed by atoms with Gasteiger partial charge in [-0.1, -0.05) is 6.92 Å². The summed E-state index contributed by atoms with van der Waals surface area (Å²) in [5, 5.41) is 0. The SMILES string of the molecule is CC1CCN(C(=O)C2CC(F)(F)C2)C1. The van der Waals surface area contributed by atoms with Gasteiger partial charge in [-0.15, -0.1) is 0 Å². The summed E-state index contributed by atoms with van der Waals surface area (Å²) in [7, 11) is 0. The number of halogens is 2. The van der Waals surface area contributed by atoms with Crippen molar-refractivity contribution in [1.29, 1.82) is 0 Å². The Balaban J connectivity index is 1.85. The first kappa shape index (κ1) is 9.87. The second-order valence-electron chi connectivity index (χ2n) is 4.64. The molecule has 0 bridgehead atoms. The Morgan fingerprint density at radius 3 is 2.50 bits per heavy atom. The molecule has 4 heteroatoms. The Morgan fingerprint density at radius 2 is 2.07 bits per heavy atom. The van der Waals surface area contributed by atoms with Crippen LogP contribution in [0.5, 0.6) is 0 Å². The predicted molar refractivity (Wildman–Crippen MR) is 48.0 cm³/mol. The zero-order valence-electron chi connectivity index (χ0n) is 8.30. The summed E-state index contributed by atoms with van der Waals surface area (Å²) < 4.78 is 25.1. The third-order valence-corrected chi connectivity index (χ3v) is 3.17. The maximum absolute atomic E-state index is 12.5. The number of carbonyl (C=O) groups excluding carboxylic acids is 1. The van der Waals surface area contributed by atoms with Crippen LogP contribution in [-0.4, -0.2) is 29.8 Å². The number of amides is 1. The van der Waals surface area contributed by atoms with Crippen molar-refractivity contribution in [3.63, 3.8) is 0 Å². The highest BCUT2D eigenvalue weighted by Gasteiger charge is 2.50. The van der Waals surface area contributed by atoms with Crippen molar-refractivity contribution in [2.75, 3.05) is 13.1 Å². The first-order chi connectivity index (χ1) is 6.48. The minimum atomic E-state index is -2.58. The maximum Gasteiger partial charge on any atom is 0.249 e. The van der Waals surface area contributed by atoms with Gasteiger partial charge in [-0.25, -0.2) is 8.78 Å². The largest absolute Gasteiger partial charge is 0.342 e. The van der Waals surface area contributed by atoms with E-state index in [1.807, 2.05) is 0 Å². The molecular formula is C10H15F2NO. The normalized spacial score (nSPS) is 31.6. The van der Waals surface area contributed by atoms with Gasteiger partial charge in [-0.05, 0) is 12.3 Å². The molecule has 2 rings (SSSR count). The molecule has 0 aromatic rings. The van der Waals surface area contributed by atoms with Crippen molar-refractivity contribution in [3.8, 4) is 0 Å². The van der Waals surface area contributed by atoms with Crippen LogP contribution in [0.4, 0.5) is 8.78 Å². The molecule has 14 heavy (non-hydrogen) atoms. The number of carbonyl (C=O) groups is 1. The Hall–Kier alpha value is -0.670. The molecule has 80 valence electrons. The number of rotatable bonds is 1. The van der Waals surface area contributed by atoms with Gasteiger partial charge < -0.3 is 4.90 Å². The molecule has 0 spiro atoms. The lowest BCUT2D eigenvalue weighted by Gasteiger charge is -2.36. The molecule has 1 heterocycles. The van der Waals surface area contributed by atoms with Crippen LogP contribution in [0.1, 0.15) is 26.2 Å². The molecule has 0 aromatic heterocycles. The highest BCUT2D eigenvalue weighted by molar-refractivity contribution is 5.80. The van der Waals surface area contributed by atoms with Crippen molar-refractivity contribution in [3.05, 3.63) is 0 Å². The van der Waals surface area contributed by atoms with E-state index < -0.39 is 11.8 Å². The van der Waals surface area contributed by atoms with E-state index in [2.05, 4.69) is 6.92 Å². The van der Waals surface area contributed by atoms with Gasteiger partial charge in [0.25, 0.3) is 0 Å². The molecule has 1 aliphatic carbocycles. The highest BCUT2D eigenvalue weighted by Crippen LogP contribution is 2.43. The first-order valence-electron chi connectivity index (χ1n) is 5.14. The molecule has 0 radical (unpaired) electrons. The van der Waals surface area contributed by atoms with Crippen molar-refractivity contribution < 1.29 is 13.6 Å². The molecule has 2 fully saturated rings. The third kappa shape index (κ3) is 1.74. The van der Waals surface area contributed by atoms with Gasteiger partial charge in [-0.2, -0.15) is 0 Å². The fraction of sp³-hybridized carbons (Fsp3) is 0.900. The molecule has 1 amide bonds. The molecule has 2 aliphatic rings. The number of nitrogens with zero attached hydrogens (tertiary/aromatic N) is 1. The summed E-state index contributed by atoms with van der Waals surface area (Å²) in [6.07, 6.45) is 0.530. The van der Waals surface area contributed by atoms with Crippen molar-refractivity contribution in [1.82, 2.24) is 4.90 Å². The van der Waals surface area contributed by atoms with Gasteiger partial charge in [0, 0.05) is 31.8 Å². The zero-order valence-corrected chi connectivity index (χ0v) is 8.30. The smallest absolute Gasteiger partial charge is 0.249 e. The summed E-state index contributed by atoms with van der Waals surface area (Å²) in [6.45, 7) is 3.59. The second kappa shape index (κ2) is 3.17. The zero-order chi connectivity index (χ0) is 10.3. The van der Waals surface area contributed by atoms with E-state index >= 15 is 0 Å². The van der Waals surface area contributed by atoms with Crippen LogP contribution in [0.3, 0.4) is 0 Å². The average molecular weight is 203 g/mol. The Bertz CT molecular complexity index is 247. The lowest BCUT2D eigenvalue weighted by atomic mass is 9.80. The molecular weight excluding hydrogens is 188 g/mol. The molecule has 0 aromatic carbocycles. The van der Waals surface area contributed by atoms with Gasteiger partial charge in [-0.3, -0.25) is 4.79 Å². The summed E-state index contributed by atoms with van der Waals surface area (Å²) >= 11 is 0. The number of alkyl halides is 2. The topological polar surface area (TPSA) is 20.3 Å². The standard InChI is InChI=1S/C10H15F2NO/c1-7-2-3-13(6-7)9(14)8-4-10(11,12)5-8/h7-8H,2-6H2,1H3. The van der Waals surface area contributed by atoms with E-state index in [1.54, 1.807) is 4.90 Å². The molecule has 0 N–H and O–H groups in total. The number of likely N-dealkylation sites (tertiary alicyclic amines) is 1. The van der Waals surface area contributed by atoms with Crippen LogP contribution in [0, 0.1) is 11.8 Å². The predicted octanol–water partition coefficient (Wildman–Crippen LogP) is 1.90. The second-order valence-corrected chi connectivity index (χ2v) is 4.64. The minimum Gasteiger partial charge on any atom is -0.342 e. The van der Waals surface area contributed by atoms with Crippen LogP contribution in [-0.2, 0) is 4.79 Å². The molecule has 1 unspecified atom stereocenters. The molecule has 1 aliphatic heterocycles. The van der Waals surface area contributed by atoms with E-state index in [0.29, 0.717) is 5.92 Å². The Morgan fingerprint density at radius 1 is 1.43 bits per heavy atom. The third-order valence-electron chi connectivity index (χ3n) is 3.17. The van der Waals surface area contributed by atoms with Crippen LogP contribution in [0.25, 0.3) is 0 Å². The van der Waals surface area contributed by atoms with Crippen LogP contribution >= 0.6 is 0 Å². The lowest BCUT2D eigenvalue weighted by Crippen LogP contribution is -2.46. The number of hydrogen-bond acceptors (Lipinski definition) is 1. The maximum atomic E-state index is 12.5. The molecule has 2 nitrogen and oxygen atoms in total. The number of hydrogen-bond donors (Lipinski definition) is 0. The van der Waals surface area contributed by atoms with E-state index in [0.717, 1.165) is 19.5 Å². The van der Waals surface area contributed by atoms with E-state index in [-0.39, 0.29) is 18.7 Å². The van der Waals surface area contributed by atoms with E-state index in [4.69, 9.17) is 0 Å². The van der Waals surface area contributed by atoms with Crippen molar-refractivity contribution in [2.45, 2.75) is 32.1 Å². The van der Waals surface area contributed by atoms with E-state index in [9.17, 15) is 13.6 Å². The van der Waals surface area contributed by atoms with Crippen molar-refractivity contribution in [2.24, 2.45) is 11.8 Å². The quantitative estimate of drug-likeness (QED) is 0.637. The fourth-order valence-electron chi connectivity index (χ4n) is 2.23. The molecule has 1 atom stereocenters. The minimum absolute atomic E-state index is 0.0553. The van der Waals surface area contributed by atoms with Crippen LogP contribution in [0.2, 0.25) is 0 Å². The van der Waals surface area contributed by atoms with Gasteiger partial charge in [0.2, 0.25) is 11.8 Å². The molecule has 1 saturated heterocycles. The van der Waals surface area contributed by atoms with Crippen LogP contribution in [0.15, 0.2) is 0 Å². The van der Waals surface area contributed by atoms with Gasteiger partial charge in [0.15, 0.2) is 0 Å². The molecule has 1 saturated carbocycles. The van der Waals surface area contributed by atoms with Crippen molar-refractivity contribution >= 4 is 5.91 Å². The lowest BCUT2D eigenvalue weighted by molar-refractivity contribution is -0.158. The highest BCUT2D eigenvalue weighted by atomic mass is 19.3. The van der Waals surface area contributed by atoms with Gasteiger partial charge in [0.1, 0.15) is 0 Å².